The third kappa shape index (κ3) is 1.07. The Labute approximate surface area is 88.5 Å². The Kier molecular flexibility index (Phi) is 1.64. The lowest BCUT2D eigenvalue weighted by molar-refractivity contribution is 0.0693. The number of aromatic carboxylic acids is 1. The minimum atomic E-state index is -1.10. The second-order valence-electron chi connectivity index (χ2n) is 3.25. The van der Waals surface area contributed by atoms with Gasteiger partial charge in [0.2, 0.25) is 5.65 Å². The molecule has 3 aromatic rings. The van der Waals surface area contributed by atoms with Gasteiger partial charge in [0.15, 0.2) is 11.2 Å². The first kappa shape index (κ1) is 8.78. The molecule has 1 N–H and O–H groups in total. The summed E-state index contributed by atoms with van der Waals surface area (Å²) in [5, 5.41) is 17.5. The highest BCUT2D eigenvalue weighted by Gasteiger charge is 2.16. The van der Waals surface area contributed by atoms with Crippen molar-refractivity contribution in [1.82, 2.24) is 15.3 Å². The summed E-state index contributed by atoms with van der Waals surface area (Å²) >= 11 is 0. The van der Waals surface area contributed by atoms with Crippen LogP contribution in [-0.2, 0) is 0 Å². The molecule has 0 aliphatic rings. The van der Waals surface area contributed by atoms with Crippen molar-refractivity contribution in [1.29, 1.82) is 0 Å². The van der Waals surface area contributed by atoms with Gasteiger partial charge in [-0.05, 0) is 10.3 Å². The van der Waals surface area contributed by atoms with Gasteiger partial charge in [-0.2, -0.15) is 0 Å². The number of carboxylic acids is 1. The van der Waals surface area contributed by atoms with Crippen molar-refractivity contribution in [3.63, 3.8) is 0 Å². The summed E-state index contributed by atoms with van der Waals surface area (Å²) in [5.41, 5.74) is 0.635. The van der Waals surface area contributed by atoms with Crippen LogP contribution >= 0.6 is 0 Å². The molecule has 0 atom stereocenters. The lowest BCUT2D eigenvalue weighted by atomic mass is 10.1. The van der Waals surface area contributed by atoms with Crippen LogP contribution in [0.15, 0.2) is 28.9 Å². The van der Waals surface area contributed by atoms with Gasteiger partial charge in [0.1, 0.15) is 0 Å². The number of carboxylic acid groups (broad SMARTS) is 1. The van der Waals surface area contributed by atoms with E-state index in [1.807, 2.05) is 0 Å². The van der Waals surface area contributed by atoms with Crippen molar-refractivity contribution < 1.29 is 14.5 Å². The maximum Gasteiger partial charge on any atom is 0.355 e. The van der Waals surface area contributed by atoms with E-state index in [2.05, 4.69) is 19.9 Å². The van der Waals surface area contributed by atoms with Crippen molar-refractivity contribution in [2.45, 2.75) is 0 Å². The van der Waals surface area contributed by atoms with Crippen LogP contribution in [0.3, 0.4) is 0 Å². The Morgan fingerprint density at radius 1 is 1.19 bits per heavy atom. The molecule has 0 amide bonds. The molecule has 0 spiro atoms. The van der Waals surface area contributed by atoms with Gasteiger partial charge >= 0.3 is 5.97 Å². The number of rotatable bonds is 1. The first-order chi connectivity index (χ1) is 7.77. The van der Waals surface area contributed by atoms with Crippen molar-refractivity contribution in [3.8, 4) is 0 Å². The summed E-state index contributed by atoms with van der Waals surface area (Å²) < 4.78 is 4.55. The van der Waals surface area contributed by atoms with E-state index in [1.165, 1.54) is 0 Å². The van der Waals surface area contributed by atoms with Crippen molar-refractivity contribution in [2.24, 2.45) is 0 Å². The van der Waals surface area contributed by atoms with Gasteiger partial charge in [0, 0.05) is 10.8 Å². The fraction of sp³-hybridized carbons (Fsp3) is 0. The summed E-state index contributed by atoms with van der Waals surface area (Å²) in [7, 11) is 0. The van der Waals surface area contributed by atoms with Gasteiger partial charge in [0.05, 0.1) is 0 Å². The zero-order chi connectivity index (χ0) is 11.1. The van der Waals surface area contributed by atoms with Crippen molar-refractivity contribution >= 4 is 27.9 Å². The van der Waals surface area contributed by atoms with Crippen molar-refractivity contribution in [3.05, 3.63) is 30.0 Å². The van der Waals surface area contributed by atoms with Gasteiger partial charge < -0.3 is 5.11 Å². The number of hydrogen-bond donors (Lipinski definition) is 1. The Bertz CT molecular complexity index is 705. The van der Waals surface area contributed by atoms with Gasteiger partial charge in [-0.3, -0.25) is 0 Å². The quantitative estimate of drug-likeness (QED) is 0.661. The van der Waals surface area contributed by atoms with Crippen LogP contribution in [0.2, 0.25) is 0 Å². The highest BCUT2D eigenvalue weighted by Crippen LogP contribution is 2.23. The van der Waals surface area contributed by atoms with E-state index in [9.17, 15) is 4.79 Å². The third-order valence-corrected chi connectivity index (χ3v) is 2.33. The minimum Gasteiger partial charge on any atom is -0.476 e. The van der Waals surface area contributed by atoms with E-state index in [0.29, 0.717) is 16.3 Å². The molecule has 2 heterocycles. The molecule has 0 fully saturated rings. The van der Waals surface area contributed by atoms with E-state index in [4.69, 9.17) is 5.11 Å². The molecule has 0 radical (unpaired) electrons. The Morgan fingerprint density at radius 2 is 1.94 bits per heavy atom. The molecule has 3 rings (SSSR count). The van der Waals surface area contributed by atoms with Crippen LogP contribution < -0.4 is 0 Å². The predicted molar refractivity (Wildman–Crippen MR) is 54.1 cm³/mol. The molecule has 0 bridgehead atoms. The maximum absolute atomic E-state index is 11.0. The van der Waals surface area contributed by atoms with Crippen LogP contribution in [0, 0.1) is 0 Å². The molecular weight excluding hydrogens is 210 g/mol. The van der Waals surface area contributed by atoms with Gasteiger partial charge in [-0.25, -0.2) is 14.4 Å². The fourth-order valence-corrected chi connectivity index (χ4v) is 1.65. The standard InChI is InChI=1S/C10H5N3O3/c14-10(15)8-6-4-2-1-3-5(6)7-9(11-8)13-16-12-7/h1-4H,(H,14,15). The highest BCUT2D eigenvalue weighted by atomic mass is 16.6. The SMILES string of the molecule is O=C(O)c1nc2nonc2c2ccccc12. The van der Waals surface area contributed by atoms with Gasteiger partial charge in [-0.15, -0.1) is 0 Å². The van der Waals surface area contributed by atoms with Crippen molar-refractivity contribution in [2.75, 3.05) is 0 Å². The molecule has 6 heteroatoms. The molecule has 1 aromatic carbocycles. The zero-order valence-electron chi connectivity index (χ0n) is 7.91. The minimum absolute atomic E-state index is 0.0428. The molecule has 0 aliphatic carbocycles. The van der Waals surface area contributed by atoms with E-state index in [1.54, 1.807) is 24.3 Å². The first-order valence-corrected chi connectivity index (χ1v) is 4.51. The second kappa shape index (κ2) is 2.99. The maximum atomic E-state index is 11.0. The molecule has 2 aromatic heterocycles. The largest absolute Gasteiger partial charge is 0.476 e. The number of benzene rings is 1. The molecule has 78 valence electrons. The smallest absolute Gasteiger partial charge is 0.355 e. The monoisotopic (exact) mass is 215 g/mol. The second-order valence-corrected chi connectivity index (χ2v) is 3.25. The fourth-order valence-electron chi connectivity index (χ4n) is 1.65. The summed E-state index contributed by atoms with van der Waals surface area (Å²) in [6, 6.07) is 6.98. The van der Waals surface area contributed by atoms with Crippen LogP contribution in [0.25, 0.3) is 21.9 Å². The molecule has 6 nitrogen and oxygen atoms in total. The summed E-state index contributed by atoms with van der Waals surface area (Å²) in [4.78, 5) is 14.9. The Morgan fingerprint density at radius 3 is 2.69 bits per heavy atom. The van der Waals surface area contributed by atoms with Gasteiger partial charge in [-0.1, -0.05) is 24.3 Å². The number of fused-ring (bicyclic) bond motifs is 3. The zero-order valence-corrected chi connectivity index (χ0v) is 7.91. The average molecular weight is 215 g/mol. The van der Waals surface area contributed by atoms with E-state index in [-0.39, 0.29) is 11.3 Å². The number of hydrogen-bond acceptors (Lipinski definition) is 5. The van der Waals surface area contributed by atoms with Crippen LogP contribution in [0.4, 0.5) is 0 Å². The Hall–Kier alpha value is -2.50. The van der Waals surface area contributed by atoms with Gasteiger partial charge in [0.25, 0.3) is 0 Å². The normalized spacial score (nSPS) is 11.0. The van der Waals surface area contributed by atoms with E-state index < -0.39 is 5.97 Å². The molecular formula is C10H5N3O3. The van der Waals surface area contributed by atoms with E-state index >= 15 is 0 Å². The lowest BCUT2D eigenvalue weighted by Gasteiger charge is -2.00. The number of pyridine rings is 1. The number of carbonyl (C=O) groups is 1. The average Bonchev–Trinajstić information content (AvgIpc) is 2.75. The number of nitrogens with zero attached hydrogens (tertiary/aromatic N) is 3. The topological polar surface area (TPSA) is 89.1 Å². The number of aromatic nitrogens is 3. The van der Waals surface area contributed by atoms with Crippen LogP contribution in [0.5, 0.6) is 0 Å². The summed E-state index contributed by atoms with van der Waals surface area (Å²) in [6.07, 6.45) is 0. The summed E-state index contributed by atoms with van der Waals surface area (Å²) in [5.74, 6) is -1.10. The molecule has 0 unspecified atom stereocenters. The third-order valence-electron chi connectivity index (χ3n) is 2.33. The molecule has 0 saturated heterocycles. The molecule has 0 saturated carbocycles. The first-order valence-electron chi connectivity index (χ1n) is 4.51. The van der Waals surface area contributed by atoms with Crippen LogP contribution in [-0.4, -0.2) is 26.4 Å². The predicted octanol–water partition coefficient (Wildman–Crippen LogP) is 1.47. The van der Waals surface area contributed by atoms with E-state index in [0.717, 1.165) is 0 Å². The highest BCUT2D eigenvalue weighted by molar-refractivity contribution is 6.10. The van der Waals surface area contributed by atoms with Crippen LogP contribution in [0.1, 0.15) is 10.5 Å². The molecule has 16 heavy (non-hydrogen) atoms. The molecule has 0 aliphatic heterocycles. The lowest BCUT2D eigenvalue weighted by Crippen LogP contribution is -2.01. The Balaban J connectivity index is 2.60. The summed E-state index contributed by atoms with van der Waals surface area (Å²) in [6.45, 7) is 0.